The fraction of sp³-hybridized carbons (Fsp3) is 0.333. The van der Waals surface area contributed by atoms with Crippen molar-refractivity contribution in [3.63, 3.8) is 0 Å². The van der Waals surface area contributed by atoms with Gasteiger partial charge in [-0.15, -0.1) is 0 Å². The maximum atomic E-state index is 12.0. The lowest BCUT2D eigenvalue weighted by molar-refractivity contribution is -0.125. The second-order valence-corrected chi connectivity index (χ2v) is 7.70. The van der Waals surface area contributed by atoms with E-state index >= 15 is 0 Å². The molecule has 2 rings (SSSR count). The second kappa shape index (κ2) is 10.7. The fourth-order valence-corrected chi connectivity index (χ4v) is 3.34. The summed E-state index contributed by atoms with van der Waals surface area (Å²) in [5.41, 5.74) is 8.92. The zero-order chi connectivity index (χ0) is 19.6. The number of carbonyl (C=O) groups excluding carboxylic acids is 2. The van der Waals surface area contributed by atoms with E-state index < -0.39 is 6.04 Å². The van der Waals surface area contributed by atoms with Gasteiger partial charge in [0.05, 0.1) is 12.6 Å². The third-order valence-corrected chi connectivity index (χ3v) is 5.11. The van der Waals surface area contributed by atoms with Crippen molar-refractivity contribution in [3.05, 3.63) is 65.7 Å². The van der Waals surface area contributed by atoms with Gasteiger partial charge in [-0.05, 0) is 29.2 Å². The number of amides is 2. The van der Waals surface area contributed by atoms with E-state index in [1.54, 1.807) is 0 Å². The molecular weight excluding hydrogens is 358 g/mol. The van der Waals surface area contributed by atoms with Crippen molar-refractivity contribution < 1.29 is 9.59 Å². The van der Waals surface area contributed by atoms with Crippen LogP contribution in [0.3, 0.4) is 0 Å². The summed E-state index contributed by atoms with van der Waals surface area (Å²) >= 11 is 1.82. The standard InChI is InChI=1S/C21H27N3O2S/c1-15(2)20(22)21(26)23-12-19(25)24-18-10-6-9-17(11-18)14-27-13-16-7-4-3-5-8-16/h3-11,15,20H,12-14,22H2,1-2H3,(H,23,26)(H,24,25)/t20-/m0/s1. The third kappa shape index (κ3) is 7.45. The molecule has 0 spiro atoms. The Morgan fingerprint density at radius 1 is 1.00 bits per heavy atom. The predicted molar refractivity (Wildman–Crippen MR) is 112 cm³/mol. The average Bonchev–Trinajstić information content (AvgIpc) is 2.66. The molecule has 1 atom stereocenters. The van der Waals surface area contributed by atoms with Crippen LogP contribution in [0.5, 0.6) is 0 Å². The van der Waals surface area contributed by atoms with Crippen LogP contribution in [0.25, 0.3) is 0 Å². The van der Waals surface area contributed by atoms with Crippen LogP contribution >= 0.6 is 11.8 Å². The number of anilines is 1. The van der Waals surface area contributed by atoms with E-state index in [-0.39, 0.29) is 24.3 Å². The smallest absolute Gasteiger partial charge is 0.243 e. The number of nitrogens with one attached hydrogen (secondary N) is 2. The van der Waals surface area contributed by atoms with E-state index in [1.165, 1.54) is 5.56 Å². The van der Waals surface area contributed by atoms with Crippen LogP contribution < -0.4 is 16.4 Å². The van der Waals surface area contributed by atoms with Gasteiger partial charge >= 0.3 is 0 Å². The monoisotopic (exact) mass is 385 g/mol. The first-order chi connectivity index (χ1) is 13.0. The van der Waals surface area contributed by atoms with E-state index in [9.17, 15) is 9.59 Å². The first-order valence-electron chi connectivity index (χ1n) is 8.99. The Morgan fingerprint density at radius 2 is 1.67 bits per heavy atom. The number of thioether (sulfide) groups is 1. The minimum absolute atomic E-state index is 0.0260. The molecule has 2 aromatic carbocycles. The summed E-state index contributed by atoms with van der Waals surface area (Å²) in [7, 11) is 0. The van der Waals surface area contributed by atoms with E-state index in [0.29, 0.717) is 0 Å². The molecule has 6 heteroatoms. The molecule has 2 aromatic rings. The van der Waals surface area contributed by atoms with Gasteiger partial charge in [-0.25, -0.2) is 0 Å². The van der Waals surface area contributed by atoms with Gasteiger partial charge in [-0.3, -0.25) is 9.59 Å². The summed E-state index contributed by atoms with van der Waals surface area (Å²) < 4.78 is 0. The molecule has 5 nitrogen and oxygen atoms in total. The molecule has 0 saturated heterocycles. The van der Waals surface area contributed by atoms with E-state index in [2.05, 4.69) is 22.8 Å². The average molecular weight is 386 g/mol. The molecule has 0 bridgehead atoms. The van der Waals surface area contributed by atoms with E-state index in [4.69, 9.17) is 5.73 Å². The number of rotatable bonds is 9. The third-order valence-electron chi connectivity index (χ3n) is 4.04. The van der Waals surface area contributed by atoms with Crippen molar-refractivity contribution >= 4 is 29.3 Å². The first-order valence-corrected chi connectivity index (χ1v) is 10.1. The van der Waals surface area contributed by atoms with Crippen molar-refractivity contribution in [2.24, 2.45) is 11.7 Å². The van der Waals surface area contributed by atoms with Crippen molar-refractivity contribution in [1.82, 2.24) is 5.32 Å². The van der Waals surface area contributed by atoms with Crippen molar-refractivity contribution in [2.45, 2.75) is 31.4 Å². The van der Waals surface area contributed by atoms with Crippen molar-refractivity contribution in [1.29, 1.82) is 0 Å². The Kier molecular flexibility index (Phi) is 8.36. The molecule has 0 aliphatic carbocycles. The Labute approximate surface area is 165 Å². The van der Waals surface area contributed by atoms with Crippen molar-refractivity contribution in [3.8, 4) is 0 Å². The highest BCUT2D eigenvalue weighted by molar-refractivity contribution is 7.97. The van der Waals surface area contributed by atoms with Crippen LogP contribution in [0.4, 0.5) is 5.69 Å². The zero-order valence-electron chi connectivity index (χ0n) is 15.8. The molecule has 0 heterocycles. The Hall–Kier alpha value is -2.31. The fourth-order valence-electron chi connectivity index (χ4n) is 2.39. The number of nitrogens with two attached hydrogens (primary N) is 1. The van der Waals surface area contributed by atoms with Gasteiger partial charge in [0.15, 0.2) is 0 Å². The molecule has 0 aliphatic heterocycles. The second-order valence-electron chi connectivity index (χ2n) is 6.71. The summed E-state index contributed by atoms with van der Waals surface area (Å²) in [4.78, 5) is 23.9. The normalized spacial score (nSPS) is 11.9. The lowest BCUT2D eigenvalue weighted by Gasteiger charge is -2.15. The molecule has 2 amide bonds. The summed E-state index contributed by atoms with van der Waals surface area (Å²) in [6.45, 7) is 3.64. The topological polar surface area (TPSA) is 84.2 Å². The highest BCUT2D eigenvalue weighted by atomic mass is 32.2. The van der Waals surface area contributed by atoms with Crippen LogP contribution in [-0.2, 0) is 21.1 Å². The Morgan fingerprint density at radius 3 is 2.37 bits per heavy atom. The Balaban J connectivity index is 1.79. The highest BCUT2D eigenvalue weighted by Crippen LogP contribution is 2.20. The van der Waals surface area contributed by atoms with Gasteiger partial charge in [-0.2, -0.15) is 11.8 Å². The van der Waals surface area contributed by atoms with Gasteiger partial charge in [0, 0.05) is 17.2 Å². The number of hydrogen-bond donors (Lipinski definition) is 3. The predicted octanol–water partition coefficient (Wildman–Crippen LogP) is 3.16. The number of hydrogen-bond acceptors (Lipinski definition) is 4. The number of benzene rings is 2. The minimum Gasteiger partial charge on any atom is -0.346 e. The molecule has 4 N–H and O–H groups in total. The molecule has 0 saturated carbocycles. The van der Waals surface area contributed by atoms with Gasteiger partial charge in [0.25, 0.3) is 0 Å². The molecule has 0 aromatic heterocycles. The summed E-state index contributed by atoms with van der Waals surface area (Å²) in [6, 6.07) is 17.5. The first kappa shape index (κ1) is 21.0. The summed E-state index contributed by atoms with van der Waals surface area (Å²) in [5, 5.41) is 5.38. The molecule has 144 valence electrons. The minimum atomic E-state index is -0.609. The van der Waals surface area contributed by atoms with Crippen LogP contribution in [0, 0.1) is 5.92 Å². The Bertz CT molecular complexity index is 750. The van der Waals surface area contributed by atoms with Gasteiger partial charge in [-0.1, -0.05) is 56.3 Å². The van der Waals surface area contributed by atoms with E-state index in [1.807, 2.05) is 68.1 Å². The van der Waals surface area contributed by atoms with Crippen LogP contribution in [0.2, 0.25) is 0 Å². The van der Waals surface area contributed by atoms with Gasteiger partial charge < -0.3 is 16.4 Å². The largest absolute Gasteiger partial charge is 0.346 e. The molecule has 0 unspecified atom stereocenters. The maximum absolute atomic E-state index is 12.0. The molecule has 0 fully saturated rings. The van der Waals surface area contributed by atoms with Crippen LogP contribution in [-0.4, -0.2) is 24.4 Å². The summed E-state index contributed by atoms with van der Waals surface area (Å²) in [5.74, 6) is 1.25. The molecular formula is C21H27N3O2S. The SMILES string of the molecule is CC(C)[C@H](N)C(=O)NCC(=O)Nc1cccc(CSCc2ccccc2)c1. The summed E-state index contributed by atoms with van der Waals surface area (Å²) in [6.07, 6.45) is 0. The van der Waals surface area contributed by atoms with Crippen LogP contribution in [0.1, 0.15) is 25.0 Å². The van der Waals surface area contributed by atoms with Crippen molar-refractivity contribution in [2.75, 3.05) is 11.9 Å². The highest BCUT2D eigenvalue weighted by Gasteiger charge is 2.17. The van der Waals surface area contributed by atoms with Gasteiger partial charge in [0.1, 0.15) is 0 Å². The van der Waals surface area contributed by atoms with E-state index in [0.717, 1.165) is 22.8 Å². The maximum Gasteiger partial charge on any atom is 0.243 e. The number of carbonyl (C=O) groups is 2. The molecule has 27 heavy (non-hydrogen) atoms. The zero-order valence-corrected chi connectivity index (χ0v) is 16.6. The molecule has 0 radical (unpaired) electrons. The molecule has 0 aliphatic rings. The quantitative estimate of drug-likeness (QED) is 0.619. The lowest BCUT2D eigenvalue weighted by atomic mass is 10.1. The van der Waals surface area contributed by atoms with Gasteiger partial charge in [0.2, 0.25) is 11.8 Å². The lowest BCUT2D eigenvalue weighted by Crippen LogP contribution is -2.46. The van der Waals surface area contributed by atoms with Crippen LogP contribution in [0.15, 0.2) is 54.6 Å².